The summed E-state index contributed by atoms with van der Waals surface area (Å²) in [6.45, 7) is 6.41. The number of halogens is 6. The average Bonchev–Trinajstić information content (AvgIpc) is 2.59. The molecular weight excluding hydrogens is 545 g/mol. The number of Topliss-reactive ketones (excluding diaryl/α,β-unsaturated/α-hetero) is 1. The van der Waals surface area contributed by atoms with Gasteiger partial charge in [-0.3, -0.25) is 4.79 Å². The zero-order chi connectivity index (χ0) is 22.8. The van der Waals surface area contributed by atoms with E-state index in [1.54, 1.807) is 6.92 Å². The minimum Gasteiger partial charge on any atom is -0.336 e. The second kappa shape index (κ2) is 11.9. The van der Waals surface area contributed by atoms with Gasteiger partial charge >= 0.3 is 53.4 Å². The summed E-state index contributed by atoms with van der Waals surface area (Å²) in [6.07, 6.45) is 0.417. The molecule has 0 bridgehead atoms. The van der Waals surface area contributed by atoms with Crippen molar-refractivity contribution in [3.63, 3.8) is 0 Å². The van der Waals surface area contributed by atoms with E-state index in [0.717, 1.165) is 10.6 Å². The fourth-order valence-electron chi connectivity index (χ4n) is 1.59. The Hall–Kier alpha value is -1.32. The van der Waals surface area contributed by atoms with Gasteiger partial charge in [0.25, 0.3) is 0 Å². The maximum atomic E-state index is 11.3. The SMILES string of the molecule is CC(=O)NP(c1ccccc1)c1ccccc1.F[P-](F)(F)(F)(F)F.[CH2-]CC(C)=O.[Pd+2]. The molecule has 3 nitrogen and oxygen atoms in total. The van der Waals surface area contributed by atoms with Crippen molar-refractivity contribution < 1.29 is 55.2 Å². The largest absolute Gasteiger partial charge is 2.00 e. The summed E-state index contributed by atoms with van der Waals surface area (Å²) >= 11 is 0. The third-order valence-corrected chi connectivity index (χ3v) is 4.82. The molecule has 2 aromatic carbocycles. The monoisotopic (exact) mass is 565 g/mol. The van der Waals surface area contributed by atoms with E-state index >= 15 is 0 Å². The van der Waals surface area contributed by atoms with Crippen LogP contribution in [0.5, 0.6) is 0 Å². The molecule has 0 heterocycles. The van der Waals surface area contributed by atoms with Crippen LogP contribution in [-0.4, -0.2) is 11.7 Å². The van der Waals surface area contributed by atoms with Gasteiger partial charge in [0.2, 0.25) is 5.91 Å². The summed E-state index contributed by atoms with van der Waals surface area (Å²) < 4.78 is 59.2. The Labute approximate surface area is 186 Å². The molecule has 1 amide bonds. The predicted octanol–water partition coefficient (Wildman–Crippen LogP) is 6.35. The molecule has 12 heteroatoms. The van der Waals surface area contributed by atoms with Gasteiger partial charge in [0.15, 0.2) is 0 Å². The van der Waals surface area contributed by atoms with Crippen molar-refractivity contribution in [1.82, 2.24) is 5.09 Å². The van der Waals surface area contributed by atoms with Crippen molar-refractivity contribution in [2.24, 2.45) is 0 Å². The van der Waals surface area contributed by atoms with Gasteiger partial charge in [-0.25, -0.2) is 0 Å². The number of hydrogen-bond donors (Lipinski definition) is 1. The number of amides is 1. The van der Waals surface area contributed by atoms with E-state index in [0.29, 0.717) is 6.42 Å². The minimum absolute atomic E-state index is 0. The molecule has 0 saturated carbocycles. The topological polar surface area (TPSA) is 46.2 Å². The zero-order valence-corrected chi connectivity index (χ0v) is 19.3. The van der Waals surface area contributed by atoms with E-state index in [4.69, 9.17) is 0 Å². The number of carbonyl (C=O) groups excluding carboxylic acids is 2. The van der Waals surface area contributed by atoms with Crippen LogP contribution in [0.2, 0.25) is 0 Å². The molecule has 0 aliphatic rings. The number of ketones is 1. The first kappa shape index (κ1) is 30.9. The number of carbonyl (C=O) groups is 2. The molecule has 0 fully saturated rings. The third kappa shape index (κ3) is 21.4. The molecule has 0 radical (unpaired) electrons. The Bertz CT molecular complexity index is 740. The van der Waals surface area contributed by atoms with E-state index in [9.17, 15) is 34.8 Å². The second-order valence-electron chi connectivity index (χ2n) is 5.58. The normalized spacial score (nSPS) is 12.5. The molecule has 172 valence electrons. The van der Waals surface area contributed by atoms with Crippen LogP contribution in [-0.2, 0) is 30.0 Å². The van der Waals surface area contributed by atoms with Gasteiger partial charge in [-0.05, 0) is 6.92 Å². The van der Waals surface area contributed by atoms with Crippen LogP contribution >= 0.6 is 15.9 Å². The van der Waals surface area contributed by atoms with Crippen LogP contribution < -0.4 is 15.7 Å². The van der Waals surface area contributed by atoms with Crippen molar-refractivity contribution in [1.29, 1.82) is 0 Å². The quantitative estimate of drug-likeness (QED) is 0.203. The maximum Gasteiger partial charge on any atom is 2.00 e. The Kier molecular flexibility index (Phi) is 12.3. The van der Waals surface area contributed by atoms with Gasteiger partial charge in [-0.15, -0.1) is 6.42 Å². The average molecular weight is 566 g/mol. The first-order chi connectivity index (χ1) is 13.0. The van der Waals surface area contributed by atoms with E-state index in [1.165, 1.54) is 6.92 Å². The van der Waals surface area contributed by atoms with Crippen LogP contribution in [0.3, 0.4) is 0 Å². The van der Waals surface area contributed by atoms with Crippen molar-refractivity contribution in [3.05, 3.63) is 67.6 Å². The van der Waals surface area contributed by atoms with Crippen molar-refractivity contribution >= 4 is 38.2 Å². The number of benzene rings is 2. The molecule has 0 saturated heterocycles. The molecule has 2 rings (SSSR count). The fourth-order valence-corrected chi connectivity index (χ4v) is 3.40. The Morgan fingerprint density at radius 2 is 1.10 bits per heavy atom. The van der Waals surface area contributed by atoms with Crippen molar-refractivity contribution in [2.75, 3.05) is 0 Å². The van der Waals surface area contributed by atoms with Gasteiger partial charge in [-0.1, -0.05) is 60.7 Å². The van der Waals surface area contributed by atoms with Gasteiger partial charge in [-0.2, -0.15) is 0 Å². The predicted molar refractivity (Wildman–Crippen MR) is 107 cm³/mol. The Morgan fingerprint density at radius 3 is 1.30 bits per heavy atom. The first-order valence-corrected chi connectivity index (χ1v) is 11.4. The summed E-state index contributed by atoms with van der Waals surface area (Å²) in [5, 5.41) is 5.35. The van der Waals surface area contributed by atoms with E-state index in [-0.39, 0.29) is 32.1 Å². The zero-order valence-electron chi connectivity index (χ0n) is 16.0. The van der Waals surface area contributed by atoms with Gasteiger partial charge in [0.1, 0.15) is 0 Å². The molecule has 1 N–H and O–H groups in total. The standard InChI is InChI=1S/C14H14NOP.C4H7O.F6P.Pd/c1-12(16)15-17(13-8-4-2-5-9-13)14-10-6-3-7-11-14;1-3-4(2)5;1-7(2,3,4,5)6;/h2-11H,1H3,(H,15,16);1,3H2,2H3;;/q;2*-1;+2. The third-order valence-electron chi connectivity index (χ3n) is 2.65. The van der Waals surface area contributed by atoms with Gasteiger partial charge in [0, 0.05) is 17.5 Å². The Morgan fingerprint density at radius 1 is 0.833 bits per heavy atom. The van der Waals surface area contributed by atoms with E-state index in [1.807, 2.05) is 36.4 Å². The molecule has 0 unspecified atom stereocenters. The van der Waals surface area contributed by atoms with Crippen LogP contribution in [0.4, 0.5) is 25.2 Å². The van der Waals surface area contributed by atoms with E-state index in [2.05, 4.69) is 36.3 Å². The van der Waals surface area contributed by atoms with Crippen molar-refractivity contribution in [3.8, 4) is 0 Å². The first-order valence-electron chi connectivity index (χ1n) is 8.02. The number of rotatable bonds is 4. The minimum atomic E-state index is -10.7. The van der Waals surface area contributed by atoms with Gasteiger partial charge < -0.3 is 16.8 Å². The molecule has 30 heavy (non-hydrogen) atoms. The van der Waals surface area contributed by atoms with Crippen molar-refractivity contribution in [2.45, 2.75) is 20.3 Å². The summed E-state index contributed by atoms with van der Waals surface area (Å²) in [7, 11) is -11.4. The van der Waals surface area contributed by atoms with Crippen LogP contribution in [0, 0.1) is 6.92 Å². The smallest absolute Gasteiger partial charge is 0.336 e. The summed E-state index contributed by atoms with van der Waals surface area (Å²) in [5.41, 5.74) is 0. The number of nitrogens with one attached hydrogen (secondary N) is 1. The van der Waals surface area contributed by atoms with Crippen LogP contribution in [0.15, 0.2) is 60.7 Å². The summed E-state index contributed by atoms with van der Waals surface area (Å²) in [6, 6.07) is 20.1. The molecular formula is C18H21F6NO2P2Pd. The number of hydrogen-bond acceptors (Lipinski definition) is 2. The van der Waals surface area contributed by atoms with Crippen LogP contribution in [0.1, 0.15) is 20.3 Å². The molecule has 2 aromatic rings. The molecule has 0 aromatic heterocycles. The fraction of sp³-hybridized carbons (Fsp3) is 0.167. The maximum absolute atomic E-state index is 11.3. The molecule has 0 aliphatic heterocycles. The Balaban J connectivity index is 0. The second-order valence-corrected chi connectivity index (χ2v) is 9.43. The molecule has 0 aliphatic carbocycles. The van der Waals surface area contributed by atoms with Crippen LogP contribution in [0.25, 0.3) is 0 Å². The molecule has 0 atom stereocenters. The van der Waals surface area contributed by atoms with E-state index < -0.39 is 15.9 Å². The summed E-state index contributed by atoms with van der Waals surface area (Å²) in [5.74, 6) is 0.147. The van der Waals surface area contributed by atoms with Gasteiger partial charge in [0.05, 0.1) is 13.9 Å². The molecule has 0 spiro atoms. The summed E-state index contributed by atoms with van der Waals surface area (Å²) in [4.78, 5) is 21.1.